The fourth-order valence-electron chi connectivity index (χ4n) is 7.31. The summed E-state index contributed by atoms with van der Waals surface area (Å²) < 4.78 is 22.2. The summed E-state index contributed by atoms with van der Waals surface area (Å²) in [6.07, 6.45) is 29.6. The van der Waals surface area contributed by atoms with Crippen LogP contribution in [0.15, 0.2) is 0 Å². The molecule has 0 radical (unpaired) electrons. The molecule has 0 saturated carbocycles. The van der Waals surface area contributed by atoms with Gasteiger partial charge in [0.25, 0.3) is 0 Å². The Morgan fingerprint density at radius 3 is 1.24 bits per heavy atom. The third-order valence-electron chi connectivity index (χ3n) is 11.0. The number of esters is 2. The average Bonchev–Trinajstić information content (AvgIpc) is 3.18. The lowest BCUT2D eigenvalue weighted by atomic mass is 9.99. The topological polar surface area (TPSA) is 152 Å². The molecule has 0 aromatic carbocycles. The van der Waals surface area contributed by atoms with Crippen molar-refractivity contribution in [1.29, 1.82) is 0 Å². The van der Waals surface area contributed by atoms with Crippen LogP contribution in [-0.2, 0) is 28.5 Å². The highest BCUT2D eigenvalue weighted by Crippen LogP contribution is 2.23. The lowest BCUT2D eigenvalue weighted by Gasteiger charge is -2.39. The summed E-state index contributed by atoms with van der Waals surface area (Å²) in [5.74, 6) is -0.791. The first kappa shape index (κ1) is 51.7. The molecule has 6 atom stereocenters. The molecule has 0 aliphatic carbocycles. The monoisotopic (exact) mass is 787 g/mol. The van der Waals surface area contributed by atoms with E-state index in [1.165, 1.54) is 148 Å². The van der Waals surface area contributed by atoms with Crippen LogP contribution in [0.2, 0.25) is 0 Å². The molecule has 1 aliphatic rings. The number of unbranched alkanes of at least 4 members (excludes halogenated alkanes) is 28. The van der Waals surface area contributed by atoms with Crippen LogP contribution in [0.5, 0.6) is 0 Å². The van der Waals surface area contributed by atoms with E-state index in [0.29, 0.717) is 6.42 Å². The van der Waals surface area contributed by atoms with Gasteiger partial charge < -0.3 is 39.4 Å². The zero-order chi connectivity index (χ0) is 40.2. The van der Waals surface area contributed by atoms with E-state index in [1.54, 1.807) is 0 Å². The van der Waals surface area contributed by atoms with Crippen molar-refractivity contribution in [2.75, 3.05) is 19.8 Å². The highest BCUT2D eigenvalue weighted by atomic mass is 16.7. The number of carbonyl (C=O) groups is 2. The Morgan fingerprint density at radius 1 is 0.491 bits per heavy atom. The predicted molar refractivity (Wildman–Crippen MR) is 220 cm³/mol. The first-order valence-corrected chi connectivity index (χ1v) is 23.1. The number of aliphatic hydroxyl groups is 4. The fourth-order valence-corrected chi connectivity index (χ4v) is 7.31. The molecule has 1 aliphatic heterocycles. The largest absolute Gasteiger partial charge is 0.462 e. The lowest BCUT2D eigenvalue weighted by Crippen LogP contribution is -2.59. The van der Waals surface area contributed by atoms with Gasteiger partial charge in [-0.1, -0.05) is 194 Å². The van der Waals surface area contributed by atoms with Crippen molar-refractivity contribution in [1.82, 2.24) is 0 Å². The van der Waals surface area contributed by atoms with Gasteiger partial charge in [0, 0.05) is 12.8 Å². The molecule has 55 heavy (non-hydrogen) atoms. The van der Waals surface area contributed by atoms with Crippen molar-refractivity contribution in [2.45, 2.75) is 256 Å². The Labute approximate surface area is 336 Å². The van der Waals surface area contributed by atoms with E-state index in [1.807, 2.05) is 0 Å². The van der Waals surface area contributed by atoms with Crippen LogP contribution in [0.3, 0.4) is 0 Å². The van der Waals surface area contributed by atoms with E-state index in [4.69, 9.17) is 18.9 Å². The second kappa shape index (κ2) is 37.0. The normalized spacial score (nSPS) is 20.4. The van der Waals surface area contributed by atoms with Gasteiger partial charge in [-0.3, -0.25) is 9.59 Å². The number of rotatable bonds is 39. The molecule has 1 saturated heterocycles. The standard InChI is InChI=1S/C45H86O10/c1-3-5-7-9-11-13-15-17-18-19-20-22-23-25-27-29-31-33-40(47)52-36-38(37-53-45-44(51)43(50)42(49)39(35-46)55-45)54-41(48)34-32-30-28-26-24-21-16-14-12-10-8-6-4-2/h38-39,42-46,49-51H,3-37H2,1-2H3/t38-,39-,42+,43?,44?,45-/m0/s1. The molecule has 0 amide bonds. The number of ether oxygens (including phenoxy) is 4. The van der Waals surface area contributed by atoms with Crippen LogP contribution in [0.1, 0.15) is 219 Å². The average molecular weight is 787 g/mol. The Bertz CT molecular complexity index is 871. The molecule has 1 rings (SSSR count). The molecule has 4 N–H and O–H groups in total. The highest BCUT2D eigenvalue weighted by molar-refractivity contribution is 5.70. The van der Waals surface area contributed by atoms with Gasteiger partial charge in [-0.25, -0.2) is 0 Å². The zero-order valence-electron chi connectivity index (χ0n) is 35.5. The van der Waals surface area contributed by atoms with Gasteiger partial charge in [0.15, 0.2) is 12.4 Å². The van der Waals surface area contributed by atoms with E-state index >= 15 is 0 Å². The molecule has 1 heterocycles. The van der Waals surface area contributed by atoms with Crippen LogP contribution < -0.4 is 0 Å². The molecule has 0 spiro atoms. The Balaban J connectivity index is 2.29. The molecule has 10 heteroatoms. The minimum Gasteiger partial charge on any atom is -0.462 e. The molecule has 326 valence electrons. The van der Waals surface area contributed by atoms with Crippen molar-refractivity contribution in [3.8, 4) is 0 Å². The predicted octanol–water partition coefficient (Wildman–Crippen LogP) is 9.78. The molecular weight excluding hydrogens is 700 g/mol. The van der Waals surface area contributed by atoms with Crippen molar-refractivity contribution in [3.63, 3.8) is 0 Å². The van der Waals surface area contributed by atoms with Gasteiger partial charge >= 0.3 is 11.9 Å². The maximum Gasteiger partial charge on any atom is 0.306 e. The second-order valence-electron chi connectivity index (χ2n) is 16.2. The zero-order valence-corrected chi connectivity index (χ0v) is 35.5. The number of aliphatic hydroxyl groups excluding tert-OH is 4. The Kier molecular flexibility index (Phi) is 34.8. The molecule has 0 aromatic heterocycles. The number of hydrogen-bond acceptors (Lipinski definition) is 10. The minimum absolute atomic E-state index is 0.209. The van der Waals surface area contributed by atoms with Gasteiger partial charge in [-0.15, -0.1) is 0 Å². The van der Waals surface area contributed by atoms with E-state index < -0.39 is 49.4 Å². The van der Waals surface area contributed by atoms with Gasteiger partial charge in [0.05, 0.1) is 13.2 Å². The van der Waals surface area contributed by atoms with Crippen molar-refractivity contribution >= 4 is 11.9 Å². The summed E-state index contributed by atoms with van der Waals surface area (Å²) in [5.41, 5.74) is 0. The summed E-state index contributed by atoms with van der Waals surface area (Å²) in [6, 6.07) is 0. The van der Waals surface area contributed by atoms with Gasteiger partial charge in [-0.05, 0) is 12.8 Å². The Hall–Kier alpha value is -1.30. The van der Waals surface area contributed by atoms with Crippen LogP contribution in [0.25, 0.3) is 0 Å². The smallest absolute Gasteiger partial charge is 0.306 e. The minimum atomic E-state index is -1.59. The third kappa shape index (κ3) is 28.7. The summed E-state index contributed by atoms with van der Waals surface area (Å²) in [5, 5.41) is 40.1. The third-order valence-corrected chi connectivity index (χ3v) is 11.0. The maximum atomic E-state index is 12.7. The van der Waals surface area contributed by atoms with E-state index in [2.05, 4.69) is 13.8 Å². The Morgan fingerprint density at radius 2 is 0.855 bits per heavy atom. The summed E-state index contributed by atoms with van der Waals surface area (Å²) in [4.78, 5) is 25.3. The molecular formula is C45H86O10. The van der Waals surface area contributed by atoms with E-state index in [0.717, 1.165) is 38.5 Å². The summed E-state index contributed by atoms with van der Waals surface area (Å²) in [6.45, 7) is 3.45. The first-order chi connectivity index (χ1) is 26.8. The molecule has 10 nitrogen and oxygen atoms in total. The number of hydrogen-bond donors (Lipinski definition) is 4. The number of carbonyl (C=O) groups excluding carboxylic acids is 2. The SMILES string of the molecule is CCCCCCCCCCCCCCCCCCCC(=O)OC[C@@H](CO[C@H]1O[C@@H](CO)[C@@H](O)C(O)C1O)OC(=O)CCCCCCCCCCCCCCC. The van der Waals surface area contributed by atoms with Crippen LogP contribution >= 0.6 is 0 Å². The van der Waals surface area contributed by atoms with Crippen molar-refractivity contribution in [2.24, 2.45) is 0 Å². The van der Waals surface area contributed by atoms with Gasteiger partial charge in [0.2, 0.25) is 0 Å². The van der Waals surface area contributed by atoms with Crippen LogP contribution in [-0.4, -0.2) is 89.0 Å². The quantitative estimate of drug-likeness (QED) is 0.0350. The van der Waals surface area contributed by atoms with Crippen LogP contribution in [0, 0.1) is 0 Å². The summed E-state index contributed by atoms with van der Waals surface area (Å²) >= 11 is 0. The van der Waals surface area contributed by atoms with Gasteiger partial charge in [-0.2, -0.15) is 0 Å². The molecule has 2 unspecified atom stereocenters. The van der Waals surface area contributed by atoms with Crippen LogP contribution in [0.4, 0.5) is 0 Å². The fraction of sp³-hybridized carbons (Fsp3) is 0.956. The highest BCUT2D eigenvalue weighted by Gasteiger charge is 2.44. The first-order valence-electron chi connectivity index (χ1n) is 23.1. The second-order valence-corrected chi connectivity index (χ2v) is 16.2. The van der Waals surface area contributed by atoms with Crippen molar-refractivity contribution < 1.29 is 49.0 Å². The van der Waals surface area contributed by atoms with Gasteiger partial charge in [0.1, 0.15) is 31.0 Å². The molecule has 1 fully saturated rings. The van der Waals surface area contributed by atoms with E-state index in [9.17, 15) is 30.0 Å². The van der Waals surface area contributed by atoms with Crippen molar-refractivity contribution in [3.05, 3.63) is 0 Å². The molecule has 0 aromatic rings. The maximum absolute atomic E-state index is 12.7. The lowest BCUT2D eigenvalue weighted by molar-refractivity contribution is -0.305. The molecule has 0 bridgehead atoms. The van der Waals surface area contributed by atoms with E-state index in [-0.39, 0.29) is 32.0 Å². The summed E-state index contributed by atoms with van der Waals surface area (Å²) in [7, 11) is 0.